The van der Waals surface area contributed by atoms with Crippen LogP contribution in [0.25, 0.3) is 33.6 Å². The molecule has 2 aliphatic rings. The molecule has 5 rings (SSSR count). The van der Waals surface area contributed by atoms with Crippen LogP contribution in [0.3, 0.4) is 0 Å². The zero-order chi connectivity index (χ0) is 28.2. The molecule has 0 saturated carbocycles. The maximum absolute atomic E-state index is 13.4. The predicted octanol–water partition coefficient (Wildman–Crippen LogP) is 6.43. The van der Waals surface area contributed by atoms with Gasteiger partial charge in [0.25, 0.3) is 0 Å². The number of nitrogens with one attached hydrogen (secondary N) is 1. The van der Waals surface area contributed by atoms with Crippen LogP contribution in [0.5, 0.6) is 0 Å². The van der Waals surface area contributed by atoms with Crippen LogP contribution in [0.2, 0.25) is 5.15 Å². The Hall–Kier alpha value is -3.54. The summed E-state index contributed by atoms with van der Waals surface area (Å²) in [5, 5.41) is 14.7. The Labute approximate surface area is 244 Å². The summed E-state index contributed by atoms with van der Waals surface area (Å²) in [4.78, 5) is 18.0. The highest BCUT2D eigenvalue weighted by molar-refractivity contribution is 9.10. The molecule has 208 valence electrons. The molecule has 0 spiro atoms. The second kappa shape index (κ2) is 12.3. The number of rotatable bonds is 11. The van der Waals surface area contributed by atoms with E-state index in [1.165, 1.54) is 0 Å². The molecule has 10 nitrogen and oxygen atoms in total. The van der Waals surface area contributed by atoms with Gasteiger partial charge in [-0.15, -0.1) is 5.10 Å². The van der Waals surface area contributed by atoms with Crippen LogP contribution >= 0.6 is 27.5 Å². The fourth-order valence-corrected chi connectivity index (χ4v) is 5.89. The molecule has 1 aliphatic heterocycles. The van der Waals surface area contributed by atoms with Gasteiger partial charge in [-0.2, -0.15) is 0 Å². The molecule has 12 heteroatoms. The molecule has 3 aromatic rings. The zero-order valence-electron chi connectivity index (χ0n) is 22.3. The molecule has 3 heterocycles. The molecular formula is C28H28BrClN6O4. The van der Waals surface area contributed by atoms with Crippen LogP contribution in [-0.2, 0) is 22.4 Å². The second-order valence-electron chi connectivity index (χ2n) is 9.38. The Morgan fingerprint density at radius 2 is 2.00 bits per heavy atom. The number of unbranched alkanes of at least 4 members (excludes halogenated alkanes) is 1. The molecule has 1 N–H and O–H groups in total. The Morgan fingerprint density at radius 1 is 1.20 bits per heavy atom. The topological polar surface area (TPSA) is 121 Å². The monoisotopic (exact) mass is 626 g/mol. The molecule has 1 aliphatic carbocycles. The van der Waals surface area contributed by atoms with Gasteiger partial charge >= 0.3 is 5.97 Å². The Kier molecular flexibility index (Phi) is 8.63. The molecule has 1 atom stereocenters. The lowest BCUT2D eigenvalue weighted by atomic mass is 9.97. The number of halogens is 2. The van der Waals surface area contributed by atoms with E-state index in [0.717, 1.165) is 50.7 Å². The third-order valence-electron chi connectivity index (χ3n) is 6.65. The number of hydrogen-bond acceptors (Lipinski definition) is 8. The van der Waals surface area contributed by atoms with Gasteiger partial charge in [-0.25, -0.2) is 14.9 Å². The van der Waals surface area contributed by atoms with E-state index in [-0.39, 0.29) is 17.5 Å². The van der Waals surface area contributed by atoms with Gasteiger partial charge in [0.05, 0.1) is 25.7 Å². The number of aromatic nitrogens is 6. The van der Waals surface area contributed by atoms with E-state index in [2.05, 4.69) is 48.5 Å². The van der Waals surface area contributed by atoms with Gasteiger partial charge in [-0.1, -0.05) is 49.2 Å². The number of aromatic amines is 1. The fourth-order valence-electron chi connectivity index (χ4n) is 4.85. The summed E-state index contributed by atoms with van der Waals surface area (Å²) in [6.45, 7) is 4.45. The normalized spacial score (nSPS) is 12.2. The standard InChI is InChI=1S/C28H28BrClN6O4/c1-4-5-10-22-31-26(30)25(28(37)40-16(2)14-38-3)36(22)13-20-17-11-12-39-15-21(17)24(29)23(20)18-8-6-7-9-19(18)27-32-34-35-33-27/h6-9,11-12,15-16H,4-5,10,13-14H2,1-3H3,(H,32,33,34,35). The predicted molar refractivity (Wildman–Crippen MR) is 153 cm³/mol. The molecule has 0 amide bonds. The van der Waals surface area contributed by atoms with Gasteiger partial charge in [0.15, 0.2) is 16.7 Å². The first-order valence-corrected chi connectivity index (χ1v) is 14.1. The molecule has 2 aromatic heterocycles. The molecule has 40 heavy (non-hydrogen) atoms. The van der Waals surface area contributed by atoms with E-state index in [4.69, 9.17) is 25.5 Å². The molecule has 1 aromatic carbocycles. The number of ether oxygens (including phenoxy) is 2. The Balaban J connectivity index is 1.69. The number of nitrogens with zero attached hydrogens (tertiary/aromatic N) is 5. The van der Waals surface area contributed by atoms with Crippen LogP contribution in [0.15, 0.2) is 51.7 Å². The number of benzene rings is 1. The Bertz CT molecular complexity index is 1580. The quantitative estimate of drug-likeness (QED) is 0.166. The number of carbonyl (C=O) groups excluding carboxylic acids is 1. The number of methoxy groups -OCH3 is 1. The van der Waals surface area contributed by atoms with Gasteiger partial charge in [0.1, 0.15) is 11.9 Å². The van der Waals surface area contributed by atoms with E-state index < -0.39 is 12.1 Å². The summed E-state index contributed by atoms with van der Waals surface area (Å²) in [6, 6.07) is 9.78. The average molecular weight is 628 g/mol. The van der Waals surface area contributed by atoms with Crippen LogP contribution in [0, 0.1) is 0 Å². The van der Waals surface area contributed by atoms with E-state index in [1.807, 2.05) is 34.9 Å². The van der Waals surface area contributed by atoms with Crippen molar-refractivity contribution < 1.29 is 18.7 Å². The van der Waals surface area contributed by atoms with Crippen molar-refractivity contribution in [3.8, 4) is 33.6 Å². The summed E-state index contributed by atoms with van der Waals surface area (Å²) in [5.74, 6) is 0.696. The largest absolute Gasteiger partial charge is 0.472 e. The molecule has 0 fully saturated rings. The average Bonchev–Trinajstić information content (AvgIpc) is 3.66. The van der Waals surface area contributed by atoms with Crippen molar-refractivity contribution in [1.82, 2.24) is 30.2 Å². The molecule has 0 saturated heterocycles. The van der Waals surface area contributed by atoms with Gasteiger partial charge in [0.2, 0.25) is 0 Å². The van der Waals surface area contributed by atoms with Crippen LogP contribution < -0.4 is 0 Å². The molecule has 0 radical (unpaired) electrons. The lowest BCUT2D eigenvalue weighted by Crippen LogP contribution is -2.23. The van der Waals surface area contributed by atoms with Crippen LogP contribution in [0.1, 0.15) is 48.6 Å². The number of H-pyrrole nitrogens is 1. The summed E-state index contributed by atoms with van der Waals surface area (Å²) in [6.07, 6.45) is 5.39. The van der Waals surface area contributed by atoms with Crippen LogP contribution in [0.4, 0.5) is 0 Å². The maximum Gasteiger partial charge on any atom is 0.358 e. The summed E-state index contributed by atoms with van der Waals surface area (Å²) >= 11 is 10.4. The van der Waals surface area contributed by atoms with Crippen molar-refractivity contribution in [2.45, 2.75) is 45.8 Å². The van der Waals surface area contributed by atoms with Crippen molar-refractivity contribution in [2.75, 3.05) is 13.7 Å². The molecular weight excluding hydrogens is 600 g/mol. The van der Waals surface area contributed by atoms with Gasteiger partial charge < -0.3 is 18.5 Å². The van der Waals surface area contributed by atoms with Crippen LogP contribution in [-0.4, -0.2) is 56.0 Å². The molecule has 0 bridgehead atoms. The number of carbonyl (C=O) groups is 1. The minimum absolute atomic E-state index is 0.111. The fraction of sp³-hybridized carbons (Fsp3) is 0.321. The first kappa shape index (κ1) is 28.0. The third-order valence-corrected chi connectivity index (χ3v) is 7.73. The van der Waals surface area contributed by atoms with E-state index in [1.54, 1.807) is 26.6 Å². The van der Waals surface area contributed by atoms with Crippen molar-refractivity contribution in [3.63, 3.8) is 0 Å². The molecule has 1 unspecified atom stereocenters. The van der Waals surface area contributed by atoms with E-state index in [0.29, 0.717) is 24.6 Å². The van der Waals surface area contributed by atoms with Crippen molar-refractivity contribution in [1.29, 1.82) is 0 Å². The highest BCUT2D eigenvalue weighted by Gasteiger charge is 2.30. The van der Waals surface area contributed by atoms with E-state index >= 15 is 0 Å². The lowest BCUT2D eigenvalue weighted by Gasteiger charge is -2.17. The van der Waals surface area contributed by atoms with Gasteiger partial charge in [0, 0.05) is 34.7 Å². The summed E-state index contributed by atoms with van der Waals surface area (Å²) < 4.78 is 19.1. The number of esters is 1. The van der Waals surface area contributed by atoms with Crippen molar-refractivity contribution in [3.05, 3.63) is 69.6 Å². The minimum Gasteiger partial charge on any atom is -0.472 e. The third kappa shape index (κ3) is 5.41. The first-order chi connectivity index (χ1) is 19.4. The van der Waals surface area contributed by atoms with Gasteiger partial charge in [-0.05, 0) is 62.5 Å². The maximum atomic E-state index is 13.4. The SMILES string of the molecule is CCCCc1nc(Cl)c(C(=O)OC(C)COC)n1Cc1c2ccocc-2c(Br)c1-c1ccccc1-c1nnn[nH]1. The number of imidazole rings is 1. The number of tetrazole rings is 1. The zero-order valence-corrected chi connectivity index (χ0v) is 24.6. The van der Waals surface area contributed by atoms with Crippen molar-refractivity contribution >= 4 is 33.5 Å². The summed E-state index contributed by atoms with van der Waals surface area (Å²) in [5.41, 5.74) is 5.64. The van der Waals surface area contributed by atoms with Gasteiger partial charge in [-0.3, -0.25) is 0 Å². The smallest absolute Gasteiger partial charge is 0.358 e. The first-order valence-electron chi connectivity index (χ1n) is 12.9. The van der Waals surface area contributed by atoms with E-state index in [9.17, 15) is 4.79 Å². The summed E-state index contributed by atoms with van der Waals surface area (Å²) in [7, 11) is 1.56. The Morgan fingerprint density at radius 3 is 2.73 bits per heavy atom. The number of aryl methyl sites for hydroxylation is 1. The highest BCUT2D eigenvalue weighted by atomic mass is 79.9. The second-order valence-corrected chi connectivity index (χ2v) is 10.5. The van der Waals surface area contributed by atoms with Crippen molar-refractivity contribution in [2.24, 2.45) is 0 Å². The minimum atomic E-state index is -0.551. The number of hydrogen-bond donors (Lipinski definition) is 1. The highest BCUT2D eigenvalue weighted by Crippen LogP contribution is 2.48. The number of fused-ring (bicyclic) bond motifs is 1. The lowest BCUT2D eigenvalue weighted by molar-refractivity contribution is 0.0110.